The fraction of sp³-hybridized carbons (Fsp3) is 0.235. The van der Waals surface area contributed by atoms with Crippen molar-refractivity contribution in [2.75, 3.05) is 7.05 Å². The zero-order valence-corrected chi connectivity index (χ0v) is 12.1. The Morgan fingerprint density at radius 3 is 2.57 bits per heavy atom. The van der Waals surface area contributed by atoms with Gasteiger partial charge in [-0.2, -0.15) is 5.26 Å². The lowest BCUT2D eigenvalue weighted by Gasteiger charge is -2.16. The van der Waals surface area contributed by atoms with Crippen molar-refractivity contribution < 1.29 is 9.13 Å². The van der Waals surface area contributed by atoms with Gasteiger partial charge in [0.05, 0.1) is 12.5 Å². The van der Waals surface area contributed by atoms with Crippen molar-refractivity contribution in [2.45, 2.75) is 19.4 Å². The Bertz CT molecular complexity index is 647. The van der Waals surface area contributed by atoms with Crippen LogP contribution in [0, 0.1) is 17.1 Å². The maximum Gasteiger partial charge on any atom is 0.132 e. The normalized spacial score (nSPS) is 11.7. The highest BCUT2D eigenvalue weighted by molar-refractivity contribution is 5.40. The number of nitriles is 1. The van der Waals surface area contributed by atoms with Crippen LogP contribution in [0.5, 0.6) is 11.5 Å². The smallest absolute Gasteiger partial charge is 0.132 e. The molecule has 0 radical (unpaired) electrons. The minimum Gasteiger partial charge on any atom is -0.457 e. The number of hydrogen-bond donors (Lipinski definition) is 1. The molecule has 21 heavy (non-hydrogen) atoms. The van der Waals surface area contributed by atoms with E-state index >= 15 is 0 Å². The average Bonchev–Trinajstić information content (AvgIpc) is 2.50. The summed E-state index contributed by atoms with van der Waals surface area (Å²) >= 11 is 0. The second-order valence-electron chi connectivity index (χ2n) is 4.77. The SMILES string of the molecule is CNC(C)c1cc(F)ccc1Oc1ccc(CC#N)cc1. The van der Waals surface area contributed by atoms with Crippen LogP contribution in [0.1, 0.15) is 24.1 Å². The number of nitrogens with one attached hydrogen (secondary N) is 1. The summed E-state index contributed by atoms with van der Waals surface area (Å²) in [6.07, 6.45) is 0.374. The first-order chi connectivity index (χ1) is 10.1. The van der Waals surface area contributed by atoms with Gasteiger partial charge < -0.3 is 10.1 Å². The monoisotopic (exact) mass is 284 g/mol. The molecular formula is C17H17FN2O. The number of halogens is 1. The first-order valence-corrected chi connectivity index (χ1v) is 6.74. The molecule has 1 atom stereocenters. The molecule has 0 bridgehead atoms. The molecule has 0 heterocycles. The first kappa shape index (κ1) is 15.0. The summed E-state index contributed by atoms with van der Waals surface area (Å²) in [4.78, 5) is 0. The standard InChI is InChI=1S/C17H17FN2O/c1-12(20-2)16-11-14(18)5-8-17(16)21-15-6-3-13(4-7-15)9-10-19/h3-8,11-12,20H,9H2,1-2H3. The molecule has 2 rings (SSSR count). The van der Waals surface area contributed by atoms with E-state index in [0.717, 1.165) is 11.1 Å². The van der Waals surface area contributed by atoms with Crippen LogP contribution in [0.2, 0.25) is 0 Å². The predicted molar refractivity (Wildman–Crippen MR) is 79.7 cm³/mol. The van der Waals surface area contributed by atoms with Crippen molar-refractivity contribution in [3.63, 3.8) is 0 Å². The van der Waals surface area contributed by atoms with E-state index in [1.54, 1.807) is 6.07 Å². The van der Waals surface area contributed by atoms with Gasteiger partial charge in [0.25, 0.3) is 0 Å². The van der Waals surface area contributed by atoms with Crippen LogP contribution in [-0.2, 0) is 6.42 Å². The van der Waals surface area contributed by atoms with Crippen LogP contribution >= 0.6 is 0 Å². The Morgan fingerprint density at radius 1 is 1.24 bits per heavy atom. The Labute approximate surface area is 124 Å². The molecule has 0 aliphatic rings. The summed E-state index contributed by atoms with van der Waals surface area (Å²) in [6.45, 7) is 1.94. The Kier molecular flexibility index (Phi) is 4.91. The molecule has 0 saturated carbocycles. The fourth-order valence-electron chi connectivity index (χ4n) is 2.00. The third-order valence-electron chi connectivity index (χ3n) is 3.31. The predicted octanol–water partition coefficient (Wildman–Crippen LogP) is 3.96. The molecule has 0 aliphatic carbocycles. The third-order valence-corrected chi connectivity index (χ3v) is 3.31. The lowest BCUT2D eigenvalue weighted by Crippen LogP contribution is -2.13. The lowest BCUT2D eigenvalue weighted by atomic mass is 10.1. The fourth-order valence-corrected chi connectivity index (χ4v) is 2.00. The molecule has 0 fully saturated rings. The third kappa shape index (κ3) is 3.80. The summed E-state index contributed by atoms with van der Waals surface area (Å²) in [7, 11) is 1.82. The van der Waals surface area contributed by atoms with Gasteiger partial charge in [0.15, 0.2) is 0 Å². The number of rotatable bonds is 5. The van der Waals surface area contributed by atoms with Crippen LogP contribution in [0.3, 0.4) is 0 Å². The molecule has 1 N–H and O–H groups in total. The van der Waals surface area contributed by atoms with Crippen LogP contribution in [0.15, 0.2) is 42.5 Å². The van der Waals surface area contributed by atoms with E-state index in [1.807, 2.05) is 38.2 Å². The molecule has 4 heteroatoms. The van der Waals surface area contributed by atoms with E-state index in [-0.39, 0.29) is 11.9 Å². The molecule has 2 aromatic carbocycles. The minimum atomic E-state index is -0.288. The number of hydrogen-bond acceptors (Lipinski definition) is 3. The Balaban J connectivity index is 2.24. The van der Waals surface area contributed by atoms with Crippen molar-refractivity contribution in [1.82, 2.24) is 5.32 Å². The molecule has 0 amide bonds. The molecule has 0 aromatic heterocycles. The lowest BCUT2D eigenvalue weighted by molar-refractivity contribution is 0.463. The first-order valence-electron chi connectivity index (χ1n) is 6.74. The van der Waals surface area contributed by atoms with Gasteiger partial charge in [0, 0.05) is 11.6 Å². The van der Waals surface area contributed by atoms with Crippen LogP contribution in [0.4, 0.5) is 4.39 Å². The van der Waals surface area contributed by atoms with Gasteiger partial charge in [-0.3, -0.25) is 0 Å². The summed E-state index contributed by atoms with van der Waals surface area (Å²) in [5.41, 5.74) is 1.70. The highest BCUT2D eigenvalue weighted by atomic mass is 19.1. The van der Waals surface area contributed by atoms with Crippen molar-refractivity contribution >= 4 is 0 Å². The van der Waals surface area contributed by atoms with Gasteiger partial charge in [0.1, 0.15) is 17.3 Å². The second kappa shape index (κ2) is 6.87. The molecule has 3 nitrogen and oxygen atoms in total. The van der Waals surface area contributed by atoms with E-state index < -0.39 is 0 Å². The topological polar surface area (TPSA) is 45.0 Å². The zero-order valence-electron chi connectivity index (χ0n) is 12.1. The zero-order chi connectivity index (χ0) is 15.2. The van der Waals surface area contributed by atoms with Gasteiger partial charge >= 0.3 is 0 Å². The quantitative estimate of drug-likeness (QED) is 0.903. The molecule has 2 aromatic rings. The maximum atomic E-state index is 13.4. The largest absolute Gasteiger partial charge is 0.457 e. The second-order valence-corrected chi connectivity index (χ2v) is 4.77. The minimum absolute atomic E-state index is 0.0198. The number of nitrogens with zero attached hydrogens (tertiary/aromatic N) is 1. The summed E-state index contributed by atoms with van der Waals surface area (Å²) in [5.74, 6) is 0.989. The molecule has 0 spiro atoms. The van der Waals surface area contributed by atoms with E-state index in [1.165, 1.54) is 12.1 Å². The summed E-state index contributed by atoms with van der Waals surface area (Å²) in [5, 5.41) is 11.7. The van der Waals surface area contributed by atoms with Crippen LogP contribution in [-0.4, -0.2) is 7.05 Å². The molecule has 1 unspecified atom stereocenters. The Morgan fingerprint density at radius 2 is 1.95 bits per heavy atom. The van der Waals surface area contributed by atoms with Crippen LogP contribution < -0.4 is 10.1 Å². The molecule has 0 aliphatic heterocycles. The van der Waals surface area contributed by atoms with Crippen molar-refractivity contribution in [1.29, 1.82) is 5.26 Å². The van der Waals surface area contributed by atoms with Crippen molar-refractivity contribution in [2.24, 2.45) is 0 Å². The average molecular weight is 284 g/mol. The van der Waals surface area contributed by atoms with E-state index in [4.69, 9.17) is 10.00 Å². The molecule has 108 valence electrons. The van der Waals surface area contributed by atoms with Crippen LogP contribution in [0.25, 0.3) is 0 Å². The van der Waals surface area contributed by atoms with Gasteiger partial charge in [-0.05, 0) is 49.9 Å². The molecule has 0 saturated heterocycles. The Hall–Kier alpha value is -2.38. The van der Waals surface area contributed by atoms with E-state index in [2.05, 4.69) is 11.4 Å². The highest BCUT2D eigenvalue weighted by Gasteiger charge is 2.12. The molecular weight excluding hydrogens is 267 g/mol. The van der Waals surface area contributed by atoms with Crippen molar-refractivity contribution in [3.8, 4) is 17.6 Å². The van der Waals surface area contributed by atoms with Gasteiger partial charge in [0.2, 0.25) is 0 Å². The summed E-state index contributed by atoms with van der Waals surface area (Å²) < 4.78 is 19.2. The summed E-state index contributed by atoms with van der Waals surface area (Å²) in [6, 6.07) is 13.9. The van der Waals surface area contributed by atoms with Crippen molar-refractivity contribution in [3.05, 3.63) is 59.4 Å². The van der Waals surface area contributed by atoms with Gasteiger partial charge in [-0.25, -0.2) is 4.39 Å². The van der Waals surface area contributed by atoms with E-state index in [9.17, 15) is 4.39 Å². The van der Waals surface area contributed by atoms with Gasteiger partial charge in [-0.1, -0.05) is 12.1 Å². The maximum absolute atomic E-state index is 13.4. The number of benzene rings is 2. The highest BCUT2D eigenvalue weighted by Crippen LogP contribution is 2.30. The van der Waals surface area contributed by atoms with E-state index in [0.29, 0.717) is 17.9 Å². The number of ether oxygens (including phenoxy) is 1. The van der Waals surface area contributed by atoms with Gasteiger partial charge in [-0.15, -0.1) is 0 Å².